The highest BCUT2D eigenvalue weighted by molar-refractivity contribution is 7.94. The number of carbonyl (C=O) groups is 1. The molecule has 0 saturated carbocycles. The first-order chi connectivity index (χ1) is 13.0. The van der Waals surface area contributed by atoms with Crippen molar-refractivity contribution < 1.29 is 4.79 Å². The van der Waals surface area contributed by atoms with E-state index in [4.69, 9.17) is 16.7 Å². The van der Waals surface area contributed by atoms with Gasteiger partial charge in [-0.15, -0.1) is 0 Å². The molecule has 1 aliphatic heterocycles. The van der Waals surface area contributed by atoms with Crippen LogP contribution in [0.1, 0.15) is 40.1 Å². The van der Waals surface area contributed by atoms with E-state index in [1.165, 1.54) is 23.3 Å². The molecule has 0 bridgehead atoms. The molecule has 3 aromatic rings. The minimum Gasteiger partial charge on any atom is -0.344 e. The van der Waals surface area contributed by atoms with Crippen molar-refractivity contribution in [1.82, 2.24) is 14.2 Å². The van der Waals surface area contributed by atoms with E-state index in [0.717, 1.165) is 29.6 Å². The fraction of sp³-hybridized carbons (Fsp3) is 0.250. The van der Waals surface area contributed by atoms with Gasteiger partial charge in [0.15, 0.2) is 0 Å². The zero-order chi connectivity index (χ0) is 19.1. The lowest BCUT2D eigenvalue weighted by molar-refractivity contribution is 0.0932. The molecular formula is C20H21ClN4OS. The molecular weight excluding hydrogens is 380 g/mol. The first kappa shape index (κ1) is 18.4. The first-order valence-electron chi connectivity index (χ1n) is 8.75. The molecule has 140 valence electrons. The highest BCUT2D eigenvalue weighted by atomic mass is 35.5. The van der Waals surface area contributed by atoms with Crippen LogP contribution in [0.3, 0.4) is 0 Å². The molecule has 0 fully saturated rings. The number of carbonyl (C=O) groups excluding carboxylic acids is 1. The predicted molar refractivity (Wildman–Crippen MR) is 111 cm³/mol. The van der Waals surface area contributed by atoms with Crippen molar-refractivity contribution in [1.29, 1.82) is 0 Å². The van der Waals surface area contributed by atoms with Crippen LogP contribution in [0.5, 0.6) is 0 Å². The van der Waals surface area contributed by atoms with Crippen LogP contribution in [0, 0.1) is 0 Å². The molecule has 2 aromatic carbocycles. The summed E-state index contributed by atoms with van der Waals surface area (Å²) in [7, 11) is 1.88. The number of aryl methyl sites for hydroxylation is 1. The summed E-state index contributed by atoms with van der Waals surface area (Å²) in [6.07, 6.45) is 0. The van der Waals surface area contributed by atoms with Crippen LogP contribution in [0.15, 0.2) is 42.5 Å². The topological polar surface area (TPSA) is 63.3 Å². The normalized spacial score (nSPS) is 15.1. The van der Waals surface area contributed by atoms with Crippen molar-refractivity contribution in [2.24, 2.45) is 12.2 Å². The summed E-state index contributed by atoms with van der Waals surface area (Å²) < 4.78 is 3.99. The summed E-state index contributed by atoms with van der Waals surface area (Å²) in [5.74, 6) is -0.100. The third-order valence-corrected chi connectivity index (χ3v) is 5.95. The van der Waals surface area contributed by atoms with Gasteiger partial charge in [-0.2, -0.15) is 0 Å². The Labute approximate surface area is 167 Å². The number of amides is 1. The van der Waals surface area contributed by atoms with Gasteiger partial charge >= 0.3 is 0 Å². The van der Waals surface area contributed by atoms with Gasteiger partial charge in [0.05, 0.1) is 6.04 Å². The van der Waals surface area contributed by atoms with Crippen LogP contribution < -0.4 is 10.5 Å². The summed E-state index contributed by atoms with van der Waals surface area (Å²) in [6, 6.07) is 13.8. The molecule has 3 N–H and O–H groups in total. The standard InChI is InChI=1S/C20H21ClN4OS/c1-12(13-3-4-15-10-25(27-22)11-16(15)7-13)23-20(26)19-8-14-5-6-17(21)9-18(14)24(19)2/h3-9,12H,10-11,22H2,1-2H3,(H,23,26). The summed E-state index contributed by atoms with van der Waals surface area (Å²) in [5.41, 5.74) is 5.21. The minimum atomic E-state index is -0.100. The summed E-state index contributed by atoms with van der Waals surface area (Å²) in [5, 5.41) is 10.4. The van der Waals surface area contributed by atoms with E-state index in [2.05, 4.69) is 27.8 Å². The number of hydrogen-bond donors (Lipinski definition) is 2. The fourth-order valence-corrected chi connectivity index (χ4v) is 4.20. The average Bonchev–Trinajstić information content (AvgIpc) is 3.22. The molecule has 1 unspecified atom stereocenters. The minimum absolute atomic E-state index is 0.0935. The van der Waals surface area contributed by atoms with E-state index < -0.39 is 0 Å². The highest BCUT2D eigenvalue weighted by Gasteiger charge is 2.21. The van der Waals surface area contributed by atoms with E-state index in [1.807, 2.05) is 42.8 Å². The Morgan fingerprint density at radius 2 is 1.96 bits per heavy atom. The number of nitrogens with two attached hydrogens (primary N) is 1. The number of nitrogens with one attached hydrogen (secondary N) is 1. The summed E-state index contributed by atoms with van der Waals surface area (Å²) in [4.78, 5) is 12.8. The lowest BCUT2D eigenvalue weighted by atomic mass is 10.0. The maximum atomic E-state index is 12.8. The number of fused-ring (bicyclic) bond motifs is 2. The smallest absolute Gasteiger partial charge is 0.268 e. The van der Waals surface area contributed by atoms with Crippen LogP contribution >= 0.6 is 23.7 Å². The molecule has 1 aromatic heterocycles. The Morgan fingerprint density at radius 3 is 2.74 bits per heavy atom. The number of hydrogen-bond acceptors (Lipinski definition) is 4. The Hall–Kier alpha value is -1.99. The number of halogens is 1. The molecule has 5 nitrogen and oxygen atoms in total. The first-order valence-corrected chi connectivity index (χ1v) is 9.97. The lowest BCUT2D eigenvalue weighted by Gasteiger charge is -2.16. The Balaban J connectivity index is 1.54. The SMILES string of the molecule is CC(NC(=O)c1cc2ccc(Cl)cc2n1C)c1ccc2c(c1)CN(SN)C2. The van der Waals surface area contributed by atoms with Gasteiger partial charge < -0.3 is 9.88 Å². The van der Waals surface area contributed by atoms with Crippen molar-refractivity contribution in [3.8, 4) is 0 Å². The molecule has 1 aliphatic rings. The maximum absolute atomic E-state index is 12.8. The fourth-order valence-electron chi connectivity index (χ4n) is 3.60. The quantitative estimate of drug-likeness (QED) is 0.645. The number of rotatable bonds is 4. The number of aromatic nitrogens is 1. The van der Waals surface area contributed by atoms with Gasteiger partial charge in [0.1, 0.15) is 5.69 Å². The number of benzene rings is 2. The van der Waals surface area contributed by atoms with Gasteiger partial charge in [-0.05, 0) is 41.8 Å². The second kappa shape index (κ2) is 7.20. The van der Waals surface area contributed by atoms with E-state index in [-0.39, 0.29) is 11.9 Å². The van der Waals surface area contributed by atoms with Gasteiger partial charge in [0, 0.05) is 48.2 Å². The largest absolute Gasteiger partial charge is 0.344 e. The molecule has 0 spiro atoms. The van der Waals surface area contributed by atoms with Gasteiger partial charge in [-0.3, -0.25) is 9.93 Å². The molecule has 7 heteroatoms. The van der Waals surface area contributed by atoms with Crippen molar-refractivity contribution >= 4 is 40.5 Å². The van der Waals surface area contributed by atoms with Crippen LogP contribution in [-0.4, -0.2) is 14.8 Å². The van der Waals surface area contributed by atoms with Crippen LogP contribution in [0.4, 0.5) is 0 Å². The van der Waals surface area contributed by atoms with Crippen LogP contribution in [0.25, 0.3) is 10.9 Å². The van der Waals surface area contributed by atoms with Crippen molar-refractivity contribution in [3.05, 3.63) is 69.9 Å². The van der Waals surface area contributed by atoms with Gasteiger partial charge in [-0.25, -0.2) is 4.31 Å². The average molecular weight is 401 g/mol. The van der Waals surface area contributed by atoms with Crippen LogP contribution in [0.2, 0.25) is 5.02 Å². The Bertz CT molecular complexity index is 1030. The van der Waals surface area contributed by atoms with E-state index in [1.54, 1.807) is 0 Å². The van der Waals surface area contributed by atoms with Crippen LogP contribution in [-0.2, 0) is 20.1 Å². The highest BCUT2D eigenvalue weighted by Crippen LogP contribution is 2.29. The van der Waals surface area contributed by atoms with E-state index in [9.17, 15) is 4.79 Å². The summed E-state index contributed by atoms with van der Waals surface area (Å²) >= 11 is 7.35. The third kappa shape index (κ3) is 3.46. The molecule has 1 atom stereocenters. The maximum Gasteiger partial charge on any atom is 0.268 e. The van der Waals surface area contributed by atoms with Crippen molar-refractivity contribution in [2.75, 3.05) is 0 Å². The molecule has 0 radical (unpaired) electrons. The molecule has 1 amide bonds. The molecule has 4 rings (SSSR count). The Kier molecular flexibility index (Phi) is 4.90. The second-order valence-corrected chi connectivity index (χ2v) is 8.08. The predicted octanol–water partition coefficient (Wildman–Crippen LogP) is 4.16. The van der Waals surface area contributed by atoms with E-state index >= 15 is 0 Å². The monoisotopic (exact) mass is 400 g/mol. The van der Waals surface area contributed by atoms with Crippen molar-refractivity contribution in [2.45, 2.75) is 26.1 Å². The number of nitrogens with zero attached hydrogens (tertiary/aromatic N) is 2. The lowest BCUT2D eigenvalue weighted by Crippen LogP contribution is -2.28. The summed E-state index contributed by atoms with van der Waals surface area (Å²) in [6.45, 7) is 3.69. The van der Waals surface area contributed by atoms with Gasteiger partial charge in [0.2, 0.25) is 0 Å². The molecule has 2 heterocycles. The Morgan fingerprint density at radius 1 is 1.19 bits per heavy atom. The zero-order valence-corrected chi connectivity index (χ0v) is 16.8. The van der Waals surface area contributed by atoms with Crippen molar-refractivity contribution in [3.63, 3.8) is 0 Å². The third-order valence-electron chi connectivity index (χ3n) is 5.16. The molecule has 27 heavy (non-hydrogen) atoms. The zero-order valence-electron chi connectivity index (χ0n) is 15.2. The van der Waals surface area contributed by atoms with Gasteiger partial charge in [-0.1, -0.05) is 35.9 Å². The van der Waals surface area contributed by atoms with E-state index in [0.29, 0.717) is 10.7 Å². The second-order valence-electron chi connectivity index (χ2n) is 6.92. The molecule has 0 aliphatic carbocycles. The van der Waals surface area contributed by atoms with Gasteiger partial charge in [0.25, 0.3) is 5.91 Å². The molecule has 0 saturated heterocycles.